The van der Waals surface area contributed by atoms with Gasteiger partial charge in [0, 0.05) is 5.69 Å². The van der Waals surface area contributed by atoms with Gasteiger partial charge in [0.2, 0.25) is 0 Å². The van der Waals surface area contributed by atoms with Crippen molar-refractivity contribution in [2.45, 2.75) is 46.5 Å². The number of carbonyl (C=O) groups excluding carboxylic acids is 1. The molecule has 0 bridgehead atoms. The molecule has 0 heterocycles. The first-order valence-electron chi connectivity index (χ1n) is 6.21. The van der Waals surface area contributed by atoms with Crippen LogP contribution in [0.25, 0.3) is 0 Å². The number of urea groups is 1. The number of carbonyl (C=O) groups is 1. The predicted octanol–water partition coefficient (Wildman–Crippen LogP) is 3.53. The van der Waals surface area contributed by atoms with Crippen LogP contribution in [-0.4, -0.2) is 6.03 Å². The number of primary amides is 1. The third-order valence-electron chi connectivity index (χ3n) is 2.91. The Morgan fingerprint density at radius 2 is 1.82 bits per heavy atom. The SMILES string of the molecule is CCCCCc1cc(C)c(NC(N)=O)c(C)c1. The van der Waals surface area contributed by atoms with Crippen LogP contribution in [0, 0.1) is 13.8 Å². The number of rotatable bonds is 5. The van der Waals surface area contributed by atoms with E-state index < -0.39 is 6.03 Å². The van der Waals surface area contributed by atoms with Gasteiger partial charge in [0.05, 0.1) is 0 Å². The van der Waals surface area contributed by atoms with E-state index in [-0.39, 0.29) is 0 Å². The summed E-state index contributed by atoms with van der Waals surface area (Å²) in [7, 11) is 0. The Kier molecular flexibility index (Phi) is 5.01. The van der Waals surface area contributed by atoms with Crippen molar-refractivity contribution < 1.29 is 4.79 Å². The number of anilines is 1. The Bertz CT molecular complexity index is 376. The molecular formula is C14H22N2O. The normalized spacial score (nSPS) is 10.3. The second-order valence-corrected chi connectivity index (χ2v) is 4.55. The molecule has 0 unspecified atom stereocenters. The van der Waals surface area contributed by atoms with Crippen LogP contribution in [0.1, 0.15) is 42.9 Å². The molecule has 1 rings (SSSR count). The van der Waals surface area contributed by atoms with Crippen molar-refractivity contribution in [1.82, 2.24) is 0 Å². The lowest BCUT2D eigenvalue weighted by atomic mass is 10.00. The standard InChI is InChI=1S/C14H22N2O/c1-4-5-6-7-12-8-10(2)13(11(3)9-12)16-14(15)17/h8-9H,4-7H2,1-3H3,(H3,15,16,17). The second kappa shape index (κ2) is 6.28. The van der Waals surface area contributed by atoms with Gasteiger partial charge >= 0.3 is 6.03 Å². The van der Waals surface area contributed by atoms with Gasteiger partial charge in [0.1, 0.15) is 0 Å². The van der Waals surface area contributed by atoms with Crippen molar-refractivity contribution in [2.24, 2.45) is 5.73 Å². The number of hydrogen-bond donors (Lipinski definition) is 2. The van der Waals surface area contributed by atoms with Crippen molar-refractivity contribution in [1.29, 1.82) is 0 Å². The lowest BCUT2D eigenvalue weighted by Gasteiger charge is -2.12. The molecule has 1 aromatic carbocycles. The number of aryl methyl sites for hydroxylation is 3. The van der Waals surface area contributed by atoms with Crippen LogP contribution in [0.2, 0.25) is 0 Å². The summed E-state index contributed by atoms with van der Waals surface area (Å²) in [4.78, 5) is 10.9. The Hall–Kier alpha value is -1.51. The summed E-state index contributed by atoms with van der Waals surface area (Å²) in [5.41, 5.74) is 9.49. The lowest BCUT2D eigenvalue weighted by Crippen LogP contribution is -2.20. The molecule has 2 amide bonds. The molecule has 0 spiro atoms. The van der Waals surface area contributed by atoms with Crippen molar-refractivity contribution in [3.63, 3.8) is 0 Å². The largest absolute Gasteiger partial charge is 0.351 e. The van der Waals surface area contributed by atoms with Crippen LogP contribution in [0.5, 0.6) is 0 Å². The third kappa shape index (κ3) is 4.10. The second-order valence-electron chi connectivity index (χ2n) is 4.55. The van der Waals surface area contributed by atoms with Gasteiger partial charge in [0.15, 0.2) is 0 Å². The van der Waals surface area contributed by atoms with E-state index in [4.69, 9.17) is 5.73 Å². The highest BCUT2D eigenvalue weighted by Crippen LogP contribution is 2.23. The summed E-state index contributed by atoms with van der Waals surface area (Å²) < 4.78 is 0. The van der Waals surface area contributed by atoms with Gasteiger partial charge in [-0.3, -0.25) is 0 Å². The van der Waals surface area contributed by atoms with E-state index in [0.29, 0.717) is 0 Å². The summed E-state index contributed by atoms with van der Waals surface area (Å²) in [5, 5.41) is 2.67. The fourth-order valence-corrected chi connectivity index (χ4v) is 2.10. The topological polar surface area (TPSA) is 55.1 Å². The maximum Gasteiger partial charge on any atom is 0.316 e. The number of nitrogens with one attached hydrogen (secondary N) is 1. The first-order valence-corrected chi connectivity index (χ1v) is 6.21. The van der Waals surface area contributed by atoms with Crippen LogP contribution in [0.15, 0.2) is 12.1 Å². The third-order valence-corrected chi connectivity index (χ3v) is 2.91. The number of nitrogens with two attached hydrogens (primary N) is 1. The summed E-state index contributed by atoms with van der Waals surface area (Å²) in [6.07, 6.45) is 4.82. The van der Waals surface area contributed by atoms with E-state index in [2.05, 4.69) is 24.4 Å². The Morgan fingerprint density at radius 1 is 1.24 bits per heavy atom. The van der Waals surface area contributed by atoms with Crippen LogP contribution < -0.4 is 11.1 Å². The first-order chi connectivity index (χ1) is 8.04. The molecule has 3 nitrogen and oxygen atoms in total. The smallest absolute Gasteiger partial charge is 0.316 e. The van der Waals surface area contributed by atoms with E-state index in [0.717, 1.165) is 23.2 Å². The highest BCUT2D eigenvalue weighted by atomic mass is 16.2. The quantitative estimate of drug-likeness (QED) is 0.752. The molecule has 0 radical (unpaired) electrons. The number of benzene rings is 1. The van der Waals surface area contributed by atoms with Gasteiger partial charge < -0.3 is 11.1 Å². The summed E-state index contributed by atoms with van der Waals surface area (Å²) in [5.74, 6) is 0. The molecule has 0 aromatic heterocycles. The molecule has 3 heteroatoms. The van der Waals surface area contributed by atoms with Crippen LogP contribution in [0.3, 0.4) is 0 Å². The molecule has 0 aliphatic rings. The average molecular weight is 234 g/mol. The van der Waals surface area contributed by atoms with E-state index >= 15 is 0 Å². The molecule has 94 valence electrons. The van der Waals surface area contributed by atoms with E-state index in [1.807, 2.05) is 13.8 Å². The van der Waals surface area contributed by atoms with E-state index in [9.17, 15) is 4.79 Å². The average Bonchev–Trinajstić information content (AvgIpc) is 2.24. The minimum absolute atomic E-state index is 0.505. The first kappa shape index (κ1) is 13.6. The van der Waals surface area contributed by atoms with Crippen LogP contribution in [0.4, 0.5) is 10.5 Å². The maximum atomic E-state index is 10.9. The Morgan fingerprint density at radius 3 is 2.29 bits per heavy atom. The van der Waals surface area contributed by atoms with Gasteiger partial charge in [-0.25, -0.2) is 4.79 Å². The summed E-state index contributed by atoms with van der Waals surface area (Å²) in [6.45, 7) is 6.21. The molecule has 1 aromatic rings. The number of amides is 2. The highest BCUT2D eigenvalue weighted by molar-refractivity contribution is 5.89. The molecule has 0 atom stereocenters. The number of hydrogen-bond acceptors (Lipinski definition) is 1. The maximum absolute atomic E-state index is 10.9. The molecule has 0 saturated heterocycles. The Balaban J connectivity index is 2.81. The van der Waals surface area contributed by atoms with Crippen LogP contribution >= 0.6 is 0 Å². The van der Waals surface area contributed by atoms with Gasteiger partial charge in [-0.05, 0) is 43.4 Å². The van der Waals surface area contributed by atoms with Gasteiger partial charge in [0.25, 0.3) is 0 Å². The number of unbranched alkanes of at least 4 members (excludes halogenated alkanes) is 2. The molecule has 0 aliphatic carbocycles. The zero-order chi connectivity index (χ0) is 12.8. The minimum atomic E-state index is -0.505. The molecule has 17 heavy (non-hydrogen) atoms. The van der Waals surface area contributed by atoms with Crippen molar-refractivity contribution in [2.75, 3.05) is 5.32 Å². The monoisotopic (exact) mass is 234 g/mol. The van der Waals surface area contributed by atoms with Crippen molar-refractivity contribution >= 4 is 11.7 Å². The molecule has 3 N–H and O–H groups in total. The molecular weight excluding hydrogens is 212 g/mol. The fraction of sp³-hybridized carbons (Fsp3) is 0.500. The zero-order valence-electron chi connectivity index (χ0n) is 11.0. The molecule has 0 aliphatic heterocycles. The minimum Gasteiger partial charge on any atom is -0.351 e. The van der Waals surface area contributed by atoms with Gasteiger partial charge in [-0.1, -0.05) is 31.9 Å². The van der Waals surface area contributed by atoms with Crippen molar-refractivity contribution in [3.8, 4) is 0 Å². The van der Waals surface area contributed by atoms with Crippen molar-refractivity contribution in [3.05, 3.63) is 28.8 Å². The van der Waals surface area contributed by atoms with Gasteiger partial charge in [-0.15, -0.1) is 0 Å². The van der Waals surface area contributed by atoms with E-state index in [1.54, 1.807) is 0 Å². The zero-order valence-corrected chi connectivity index (χ0v) is 11.0. The fourth-order valence-electron chi connectivity index (χ4n) is 2.10. The summed E-state index contributed by atoms with van der Waals surface area (Å²) in [6, 6.07) is 3.76. The predicted molar refractivity (Wildman–Crippen MR) is 72.4 cm³/mol. The molecule has 0 fully saturated rings. The van der Waals surface area contributed by atoms with E-state index in [1.165, 1.54) is 24.8 Å². The van der Waals surface area contributed by atoms with Gasteiger partial charge in [-0.2, -0.15) is 0 Å². The Labute approximate surface area is 103 Å². The highest BCUT2D eigenvalue weighted by Gasteiger charge is 2.06. The lowest BCUT2D eigenvalue weighted by molar-refractivity contribution is 0.259. The molecule has 0 saturated carbocycles. The van der Waals surface area contributed by atoms with Crippen LogP contribution in [-0.2, 0) is 6.42 Å². The summed E-state index contributed by atoms with van der Waals surface area (Å²) >= 11 is 0.